The predicted molar refractivity (Wildman–Crippen MR) is 131 cm³/mol. The standard InChI is InChI=1S/C27H32N2O6/c1-3-16-35-20-10-8-19(9-11-20)24-23(25(30)21-6-4-5-7-22(21)33-2)26(31)27(32)29(24)13-12-28-14-17-34-18-15-28/h4-11,24,30H,3,12-18H2,1-2H3/b25-23+. The Morgan fingerprint density at radius 2 is 1.77 bits per heavy atom. The zero-order valence-electron chi connectivity index (χ0n) is 20.2. The molecule has 8 nitrogen and oxygen atoms in total. The van der Waals surface area contributed by atoms with Gasteiger partial charge >= 0.3 is 0 Å². The summed E-state index contributed by atoms with van der Waals surface area (Å²) in [5.41, 5.74) is 1.16. The van der Waals surface area contributed by atoms with Crippen LogP contribution in [0.5, 0.6) is 11.5 Å². The van der Waals surface area contributed by atoms with Gasteiger partial charge in [0.05, 0.1) is 44.1 Å². The number of ketones is 1. The lowest BCUT2D eigenvalue weighted by Crippen LogP contribution is -2.42. The number of methoxy groups -OCH3 is 1. The normalized spacial score (nSPS) is 20.3. The molecule has 0 bridgehead atoms. The van der Waals surface area contributed by atoms with Crippen molar-refractivity contribution in [2.75, 3.05) is 53.1 Å². The first kappa shape index (κ1) is 24.8. The third-order valence-corrected chi connectivity index (χ3v) is 6.33. The molecule has 8 heteroatoms. The van der Waals surface area contributed by atoms with Gasteiger partial charge in [-0.2, -0.15) is 0 Å². The number of para-hydroxylation sites is 1. The Morgan fingerprint density at radius 1 is 1.06 bits per heavy atom. The number of ether oxygens (including phenoxy) is 3. The number of morpholine rings is 1. The van der Waals surface area contributed by atoms with Crippen molar-refractivity contribution in [1.82, 2.24) is 9.80 Å². The first-order valence-electron chi connectivity index (χ1n) is 12.0. The molecule has 4 rings (SSSR count). The third-order valence-electron chi connectivity index (χ3n) is 6.33. The van der Waals surface area contributed by atoms with Gasteiger partial charge in [-0.3, -0.25) is 14.5 Å². The summed E-state index contributed by atoms with van der Waals surface area (Å²) < 4.78 is 16.5. The monoisotopic (exact) mass is 480 g/mol. The second-order valence-corrected chi connectivity index (χ2v) is 8.56. The van der Waals surface area contributed by atoms with E-state index in [1.54, 1.807) is 29.2 Å². The van der Waals surface area contributed by atoms with Gasteiger partial charge in [0.1, 0.15) is 17.3 Å². The van der Waals surface area contributed by atoms with E-state index in [0.717, 1.165) is 25.1 Å². The molecule has 0 spiro atoms. The summed E-state index contributed by atoms with van der Waals surface area (Å²) in [6, 6.07) is 13.5. The molecule has 2 aliphatic rings. The van der Waals surface area contributed by atoms with E-state index in [9.17, 15) is 14.7 Å². The summed E-state index contributed by atoms with van der Waals surface area (Å²) in [5.74, 6) is -0.430. The minimum absolute atomic E-state index is 0.0590. The molecule has 35 heavy (non-hydrogen) atoms. The molecule has 1 unspecified atom stereocenters. The number of likely N-dealkylation sites (tertiary alicyclic amines) is 1. The Hall–Kier alpha value is -3.36. The predicted octanol–water partition coefficient (Wildman–Crippen LogP) is 3.24. The molecule has 2 fully saturated rings. The number of hydrogen-bond donors (Lipinski definition) is 1. The van der Waals surface area contributed by atoms with E-state index in [-0.39, 0.29) is 11.3 Å². The number of hydrogen-bond acceptors (Lipinski definition) is 7. The molecule has 1 amide bonds. The average Bonchev–Trinajstić information content (AvgIpc) is 3.16. The van der Waals surface area contributed by atoms with E-state index in [4.69, 9.17) is 14.2 Å². The van der Waals surface area contributed by atoms with Crippen LogP contribution in [0.1, 0.15) is 30.5 Å². The second-order valence-electron chi connectivity index (χ2n) is 8.56. The van der Waals surface area contributed by atoms with Crippen molar-refractivity contribution in [3.05, 3.63) is 65.2 Å². The van der Waals surface area contributed by atoms with Gasteiger partial charge in [0.15, 0.2) is 0 Å². The van der Waals surface area contributed by atoms with Gasteiger partial charge in [0.2, 0.25) is 0 Å². The SMILES string of the molecule is CCCOc1ccc(C2/C(=C(\O)c3ccccc3OC)C(=O)C(=O)N2CCN2CCOCC2)cc1. The van der Waals surface area contributed by atoms with E-state index in [0.29, 0.717) is 50.0 Å². The lowest BCUT2D eigenvalue weighted by molar-refractivity contribution is -0.140. The highest BCUT2D eigenvalue weighted by molar-refractivity contribution is 6.46. The summed E-state index contributed by atoms with van der Waals surface area (Å²) in [6.07, 6.45) is 0.891. The molecule has 2 aromatic rings. The molecule has 2 aliphatic heterocycles. The molecule has 1 atom stereocenters. The largest absolute Gasteiger partial charge is 0.507 e. The fourth-order valence-electron chi connectivity index (χ4n) is 4.48. The summed E-state index contributed by atoms with van der Waals surface area (Å²) in [4.78, 5) is 30.2. The molecule has 2 saturated heterocycles. The van der Waals surface area contributed by atoms with Gasteiger partial charge in [-0.25, -0.2) is 0 Å². The number of aliphatic hydroxyl groups excluding tert-OH is 1. The molecule has 0 aromatic heterocycles. The maximum Gasteiger partial charge on any atom is 0.295 e. The molecular weight excluding hydrogens is 448 g/mol. The number of aliphatic hydroxyl groups is 1. The summed E-state index contributed by atoms with van der Waals surface area (Å²) >= 11 is 0. The van der Waals surface area contributed by atoms with Crippen LogP contribution in [0.3, 0.4) is 0 Å². The smallest absolute Gasteiger partial charge is 0.295 e. The Morgan fingerprint density at radius 3 is 2.46 bits per heavy atom. The van der Waals surface area contributed by atoms with Gasteiger partial charge in [-0.15, -0.1) is 0 Å². The quantitative estimate of drug-likeness (QED) is 0.335. The summed E-state index contributed by atoms with van der Waals surface area (Å²) in [5, 5.41) is 11.3. The van der Waals surface area contributed by atoms with Gasteiger partial charge in [0, 0.05) is 26.2 Å². The second kappa shape index (κ2) is 11.4. The Labute approximate surface area is 205 Å². The van der Waals surface area contributed by atoms with Crippen LogP contribution >= 0.6 is 0 Å². The number of carbonyl (C=O) groups excluding carboxylic acids is 2. The average molecular weight is 481 g/mol. The molecule has 0 aliphatic carbocycles. The van der Waals surface area contributed by atoms with Crippen LogP contribution in [0.15, 0.2) is 54.1 Å². The van der Waals surface area contributed by atoms with Gasteiger partial charge < -0.3 is 24.2 Å². The zero-order chi connectivity index (χ0) is 24.8. The van der Waals surface area contributed by atoms with Crippen molar-refractivity contribution in [3.63, 3.8) is 0 Å². The number of carbonyl (C=O) groups is 2. The first-order chi connectivity index (χ1) is 17.0. The van der Waals surface area contributed by atoms with Crippen molar-refractivity contribution in [2.45, 2.75) is 19.4 Å². The van der Waals surface area contributed by atoms with Crippen molar-refractivity contribution in [2.24, 2.45) is 0 Å². The molecule has 1 N–H and O–H groups in total. The fourth-order valence-corrected chi connectivity index (χ4v) is 4.48. The number of benzene rings is 2. The van der Waals surface area contributed by atoms with Crippen LogP contribution in [0.4, 0.5) is 0 Å². The number of amides is 1. The van der Waals surface area contributed by atoms with Crippen molar-refractivity contribution in [3.8, 4) is 11.5 Å². The fraction of sp³-hybridized carbons (Fsp3) is 0.407. The maximum absolute atomic E-state index is 13.3. The molecule has 0 radical (unpaired) electrons. The van der Waals surface area contributed by atoms with Crippen LogP contribution in [0.2, 0.25) is 0 Å². The molecule has 0 saturated carbocycles. The van der Waals surface area contributed by atoms with Crippen LogP contribution < -0.4 is 9.47 Å². The van der Waals surface area contributed by atoms with Crippen LogP contribution in [-0.4, -0.2) is 79.7 Å². The molecule has 186 valence electrons. The number of nitrogens with zero attached hydrogens (tertiary/aromatic N) is 2. The van der Waals surface area contributed by atoms with E-state index in [1.807, 2.05) is 31.2 Å². The van der Waals surface area contributed by atoms with Gasteiger partial charge in [0.25, 0.3) is 11.7 Å². The molecule has 2 heterocycles. The highest BCUT2D eigenvalue weighted by atomic mass is 16.5. The Bertz CT molecular complexity index is 1080. The van der Waals surface area contributed by atoms with Crippen molar-refractivity contribution >= 4 is 17.4 Å². The summed E-state index contributed by atoms with van der Waals surface area (Å²) in [7, 11) is 1.50. The van der Waals surface area contributed by atoms with E-state index in [2.05, 4.69) is 4.90 Å². The van der Waals surface area contributed by atoms with Gasteiger partial charge in [-0.1, -0.05) is 31.2 Å². The Kier molecular flexibility index (Phi) is 8.05. The molecule has 2 aromatic carbocycles. The van der Waals surface area contributed by atoms with Crippen LogP contribution in [0, 0.1) is 0 Å². The van der Waals surface area contributed by atoms with Crippen molar-refractivity contribution < 1.29 is 28.9 Å². The van der Waals surface area contributed by atoms with E-state index >= 15 is 0 Å². The lowest BCUT2D eigenvalue weighted by atomic mass is 9.95. The maximum atomic E-state index is 13.3. The Balaban J connectivity index is 1.73. The minimum atomic E-state index is -0.721. The zero-order valence-corrected chi connectivity index (χ0v) is 20.2. The number of rotatable bonds is 9. The van der Waals surface area contributed by atoms with E-state index in [1.165, 1.54) is 7.11 Å². The highest BCUT2D eigenvalue weighted by Crippen LogP contribution is 2.41. The number of Topliss-reactive ketones (excluding diaryl/α,β-unsaturated/α-hetero) is 1. The van der Waals surface area contributed by atoms with E-state index < -0.39 is 17.7 Å². The van der Waals surface area contributed by atoms with Crippen molar-refractivity contribution in [1.29, 1.82) is 0 Å². The molecular formula is C27H32N2O6. The highest BCUT2D eigenvalue weighted by Gasteiger charge is 2.46. The minimum Gasteiger partial charge on any atom is -0.507 e. The summed E-state index contributed by atoms with van der Waals surface area (Å²) in [6.45, 7) is 6.45. The van der Waals surface area contributed by atoms with Crippen LogP contribution in [0.25, 0.3) is 5.76 Å². The third kappa shape index (κ3) is 5.33. The first-order valence-corrected chi connectivity index (χ1v) is 12.0. The van der Waals surface area contributed by atoms with Crippen LogP contribution in [-0.2, 0) is 14.3 Å². The lowest BCUT2D eigenvalue weighted by Gasteiger charge is -2.31. The van der Waals surface area contributed by atoms with Gasteiger partial charge in [-0.05, 0) is 36.2 Å². The topological polar surface area (TPSA) is 88.5 Å².